The Morgan fingerprint density at radius 3 is 2.55 bits per heavy atom. The molecule has 0 atom stereocenters. The van der Waals surface area contributed by atoms with E-state index >= 15 is 0 Å². The van der Waals surface area contributed by atoms with Crippen molar-refractivity contribution >= 4 is 17.4 Å². The molecule has 0 saturated carbocycles. The SMILES string of the molecule is Cc1ccc(CCC(=O)c2ccc(Cl)cc2F)c(C)c1. The minimum absolute atomic E-state index is 0.110. The summed E-state index contributed by atoms with van der Waals surface area (Å²) in [5, 5.41) is 0.299. The van der Waals surface area contributed by atoms with E-state index in [0.717, 1.165) is 11.1 Å². The third-order valence-corrected chi connectivity index (χ3v) is 3.59. The van der Waals surface area contributed by atoms with Crippen LogP contribution in [0.15, 0.2) is 36.4 Å². The Labute approximate surface area is 123 Å². The lowest BCUT2D eigenvalue weighted by Gasteiger charge is -2.07. The van der Waals surface area contributed by atoms with Gasteiger partial charge in [-0.25, -0.2) is 4.39 Å². The van der Waals surface area contributed by atoms with E-state index in [1.807, 2.05) is 26.0 Å². The summed E-state index contributed by atoms with van der Waals surface area (Å²) < 4.78 is 13.7. The van der Waals surface area contributed by atoms with Gasteiger partial charge >= 0.3 is 0 Å². The molecule has 20 heavy (non-hydrogen) atoms. The number of hydrogen-bond acceptors (Lipinski definition) is 1. The molecule has 0 fully saturated rings. The maximum absolute atomic E-state index is 13.7. The van der Waals surface area contributed by atoms with Crippen molar-refractivity contribution in [1.82, 2.24) is 0 Å². The highest BCUT2D eigenvalue weighted by Crippen LogP contribution is 2.18. The summed E-state index contributed by atoms with van der Waals surface area (Å²) in [5.74, 6) is -0.748. The molecule has 2 aromatic rings. The van der Waals surface area contributed by atoms with Gasteiger partial charge in [-0.15, -0.1) is 0 Å². The first-order valence-corrected chi connectivity index (χ1v) is 6.89. The van der Waals surface area contributed by atoms with Crippen molar-refractivity contribution in [2.45, 2.75) is 26.7 Å². The normalized spacial score (nSPS) is 10.6. The molecule has 0 heterocycles. The fourth-order valence-corrected chi connectivity index (χ4v) is 2.38. The van der Waals surface area contributed by atoms with E-state index in [-0.39, 0.29) is 11.3 Å². The van der Waals surface area contributed by atoms with Crippen molar-refractivity contribution < 1.29 is 9.18 Å². The van der Waals surface area contributed by atoms with E-state index < -0.39 is 5.82 Å². The van der Waals surface area contributed by atoms with Crippen molar-refractivity contribution in [3.05, 3.63) is 69.5 Å². The summed E-state index contributed by atoms with van der Waals surface area (Å²) >= 11 is 5.68. The Hall–Kier alpha value is -1.67. The molecular weight excluding hydrogens is 275 g/mol. The van der Waals surface area contributed by atoms with Crippen molar-refractivity contribution in [1.29, 1.82) is 0 Å². The predicted octanol–water partition coefficient (Wildman–Crippen LogP) is 4.91. The fourth-order valence-electron chi connectivity index (χ4n) is 2.22. The second-order valence-electron chi connectivity index (χ2n) is 4.98. The monoisotopic (exact) mass is 290 g/mol. The Kier molecular flexibility index (Phi) is 4.56. The largest absolute Gasteiger partial charge is 0.294 e. The van der Waals surface area contributed by atoms with Crippen molar-refractivity contribution in [3.8, 4) is 0 Å². The highest BCUT2D eigenvalue weighted by Gasteiger charge is 2.12. The maximum Gasteiger partial charge on any atom is 0.166 e. The lowest BCUT2D eigenvalue weighted by molar-refractivity contribution is 0.0979. The molecule has 0 aliphatic rings. The first-order valence-electron chi connectivity index (χ1n) is 6.52. The van der Waals surface area contributed by atoms with Crippen LogP contribution < -0.4 is 0 Å². The number of hydrogen-bond donors (Lipinski definition) is 0. The number of benzene rings is 2. The lowest BCUT2D eigenvalue weighted by Crippen LogP contribution is -2.04. The molecule has 0 aliphatic heterocycles. The van der Waals surface area contributed by atoms with Gasteiger partial charge in [0.15, 0.2) is 5.78 Å². The summed E-state index contributed by atoms with van der Waals surface area (Å²) in [5.41, 5.74) is 3.59. The standard InChI is InChI=1S/C17H16ClFO/c1-11-3-4-13(12(2)9-11)5-8-17(20)15-7-6-14(18)10-16(15)19/h3-4,6-7,9-10H,5,8H2,1-2H3. The van der Waals surface area contributed by atoms with Gasteiger partial charge in [0.2, 0.25) is 0 Å². The van der Waals surface area contributed by atoms with E-state index in [9.17, 15) is 9.18 Å². The van der Waals surface area contributed by atoms with Crippen LogP contribution in [0.1, 0.15) is 33.5 Å². The van der Waals surface area contributed by atoms with E-state index in [1.165, 1.54) is 23.8 Å². The van der Waals surface area contributed by atoms with E-state index in [1.54, 1.807) is 0 Å². The molecule has 1 nitrogen and oxygen atoms in total. The molecule has 0 unspecified atom stereocenters. The Balaban J connectivity index is 2.08. The minimum Gasteiger partial charge on any atom is -0.294 e. The molecule has 2 aromatic carbocycles. The highest BCUT2D eigenvalue weighted by atomic mass is 35.5. The zero-order chi connectivity index (χ0) is 14.7. The van der Waals surface area contributed by atoms with Gasteiger partial charge in [0.05, 0.1) is 5.56 Å². The third-order valence-electron chi connectivity index (χ3n) is 3.35. The van der Waals surface area contributed by atoms with Crippen LogP contribution in [-0.4, -0.2) is 5.78 Å². The van der Waals surface area contributed by atoms with Gasteiger partial charge < -0.3 is 0 Å². The average molecular weight is 291 g/mol. The second-order valence-corrected chi connectivity index (χ2v) is 5.41. The van der Waals surface area contributed by atoms with Crippen molar-refractivity contribution in [3.63, 3.8) is 0 Å². The molecule has 0 bridgehead atoms. The van der Waals surface area contributed by atoms with Crippen molar-refractivity contribution in [2.24, 2.45) is 0 Å². The van der Waals surface area contributed by atoms with Crippen LogP contribution in [-0.2, 0) is 6.42 Å². The molecule has 0 amide bonds. The first kappa shape index (κ1) is 14.7. The summed E-state index contributed by atoms with van der Waals surface area (Å²) in [7, 11) is 0. The second kappa shape index (κ2) is 6.19. The van der Waals surface area contributed by atoms with Gasteiger partial charge in [0, 0.05) is 11.4 Å². The van der Waals surface area contributed by atoms with Gasteiger partial charge in [-0.2, -0.15) is 0 Å². The Bertz CT molecular complexity index is 649. The smallest absolute Gasteiger partial charge is 0.166 e. The van der Waals surface area contributed by atoms with Gasteiger partial charge in [-0.1, -0.05) is 35.4 Å². The molecule has 104 valence electrons. The van der Waals surface area contributed by atoms with E-state index in [2.05, 4.69) is 6.07 Å². The van der Waals surface area contributed by atoms with Gasteiger partial charge in [-0.3, -0.25) is 4.79 Å². The average Bonchev–Trinajstić information content (AvgIpc) is 2.37. The Morgan fingerprint density at radius 2 is 1.90 bits per heavy atom. The number of aryl methyl sites for hydroxylation is 3. The quantitative estimate of drug-likeness (QED) is 0.731. The van der Waals surface area contributed by atoms with Crippen LogP contribution in [0, 0.1) is 19.7 Å². The maximum atomic E-state index is 13.7. The molecule has 2 rings (SSSR count). The molecule has 0 radical (unpaired) electrons. The molecule has 0 spiro atoms. The lowest BCUT2D eigenvalue weighted by atomic mass is 9.98. The highest BCUT2D eigenvalue weighted by molar-refractivity contribution is 6.30. The topological polar surface area (TPSA) is 17.1 Å². The van der Waals surface area contributed by atoms with Crippen LogP contribution in [0.2, 0.25) is 5.02 Å². The molecule has 0 saturated heterocycles. The number of carbonyl (C=O) groups is 1. The van der Waals surface area contributed by atoms with Gasteiger partial charge in [0.25, 0.3) is 0 Å². The van der Waals surface area contributed by atoms with Crippen LogP contribution in [0.3, 0.4) is 0 Å². The molecule has 0 N–H and O–H groups in total. The number of carbonyl (C=O) groups excluding carboxylic acids is 1. The number of rotatable bonds is 4. The van der Waals surface area contributed by atoms with Crippen LogP contribution in [0.5, 0.6) is 0 Å². The van der Waals surface area contributed by atoms with Crippen LogP contribution in [0.25, 0.3) is 0 Å². The van der Waals surface area contributed by atoms with Gasteiger partial charge in [0.1, 0.15) is 5.82 Å². The molecule has 0 aromatic heterocycles. The summed E-state index contributed by atoms with van der Waals surface area (Å²) in [6, 6.07) is 10.3. The first-order chi connectivity index (χ1) is 9.47. The van der Waals surface area contributed by atoms with Gasteiger partial charge in [-0.05, 0) is 49.6 Å². The number of ketones is 1. The minimum atomic E-state index is -0.553. The third kappa shape index (κ3) is 3.45. The number of Topliss-reactive ketones (excluding diaryl/α,β-unsaturated/α-hetero) is 1. The molecule has 3 heteroatoms. The summed E-state index contributed by atoms with van der Waals surface area (Å²) in [4.78, 5) is 12.0. The van der Waals surface area contributed by atoms with Crippen molar-refractivity contribution in [2.75, 3.05) is 0 Å². The zero-order valence-electron chi connectivity index (χ0n) is 11.5. The fraction of sp³-hybridized carbons (Fsp3) is 0.235. The van der Waals surface area contributed by atoms with Crippen LogP contribution >= 0.6 is 11.6 Å². The van der Waals surface area contributed by atoms with E-state index in [0.29, 0.717) is 17.9 Å². The number of halogens is 2. The van der Waals surface area contributed by atoms with Crippen LogP contribution in [0.4, 0.5) is 4.39 Å². The molecular formula is C17H16ClFO. The van der Waals surface area contributed by atoms with E-state index in [4.69, 9.17) is 11.6 Å². The zero-order valence-corrected chi connectivity index (χ0v) is 12.3. The summed E-state index contributed by atoms with van der Waals surface area (Å²) in [6.07, 6.45) is 0.912. The molecule has 0 aliphatic carbocycles. The predicted molar refractivity (Wildman–Crippen MR) is 80.0 cm³/mol. The Morgan fingerprint density at radius 1 is 1.15 bits per heavy atom. The summed E-state index contributed by atoms with van der Waals surface area (Å²) in [6.45, 7) is 4.06.